The minimum atomic E-state index is -0.372. The number of rotatable bonds is 7. The van der Waals surface area contributed by atoms with Crippen LogP contribution in [-0.4, -0.2) is 23.2 Å². The molecule has 94 valence electrons. The first-order chi connectivity index (χ1) is 8.15. The van der Waals surface area contributed by atoms with Crippen LogP contribution < -0.4 is 5.32 Å². The van der Waals surface area contributed by atoms with E-state index < -0.39 is 0 Å². The lowest BCUT2D eigenvalue weighted by molar-refractivity contribution is -0.384. The molecule has 0 amide bonds. The monoisotopic (exact) mass is 238 g/mol. The minimum absolute atomic E-state index is 0.118. The summed E-state index contributed by atoms with van der Waals surface area (Å²) in [7, 11) is 0. The third-order valence-electron chi connectivity index (χ3n) is 2.50. The van der Waals surface area contributed by atoms with Crippen LogP contribution in [-0.2, 0) is 0 Å². The smallest absolute Gasteiger partial charge is 0.292 e. The van der Waals surface area contributed by atoms with Crippen molar-refractivity contribution in [1.82, 2.24) is 0 Å². The molecule has 0 saturated heterocycles. The molecule has 0 aliphatic rings. The first-order valence-electron chi connectivity index (χ1n) is 5.75. The van der Waals surface area contributed by atoms with Gasteiger partial charge in [-0.1, -0.05) is 6.07 Å². The largest absolute Gasteiger partial charge is 0.396 e. The number of aliphatic hydroxyl groups excluding tert-OH is 1. The van der Waals surface area contributed by atoms with Gasteiger partial charge in [0.25, 0.3) is 5.69 Å². The molecule has 1 rings (SSSR count). The van der Waals surface area contributed by atoms with Gasteiger partial charge in [-0.2, -0.15) is 0 Å². The lowest BCUT2D eigenvalue weighted by Gasteiger charge is -2.07. The van der Waals surface area contributed by atoms with E-state index in [0.717, 1.165) is 24.8 Å². The Labute approximate surface area is 101 Å². The average Bonchev–Trinajstić information content (AvgIpc) is 2.30. The number of nitro groups is 1. The summed E-state index contributed by atoms with van der Waals surface area (Å²) in [5, 5.41) is 22.5. The zero-order chi connectivity index (χ0) is 12.7. The van der Waals surface area contributed by atoms with Gasteiger partial charge in [0, 0.05) is 19.2 Å². The summed E-state index contributed by atoms with van der Waals surface area (Å²) >= 11 is 0. The molecule has 0 bridgehead atoms. The van der Waals surface area contributed by atoms with Crippen LogP contribution in [0.3, 0.4) is 0 Å². The van der Waals surface area contributed by atoms with Gasteiger partial charge < -0.3 is 10.4 Å². The molecule has 0 aliphatic heterocycles. The highest BCUT2D eigenvalue weighted by atomic mass is 16.6. The summed E-state index contributed by atoms with van der Waals surface area (Å²) in [5.74, 6) is 0. The van der Waals surface area contributed by atoms with Crippen molar-refractivity contribution < 1.29 is 10.0 Å². The molecular formula is C12H18N2O3. The van der Waals surface area contributed by atoms with Crippen LogP contribution in [0.4, 0.5) is 11.4 Å². The van der Waals surface area contributed by atoms with Gasteiger partial charge >= 0.3 is 0 Å². The number of hydrogen-bond acceptors (Lipinski definition) is 4. The van der Waals surface area contributed by atoms with E-state index in [2.05, 4.69) is 5.32 Å². The van der Waals surface area contributed by atoms with E-state index in [1.165, 1.54) is 0 Å². The van der Waals surface area contributed by atoms with Gasteiger partial charge in [0.05, 0.1) is 4.92 Å². The van der Waals surface area contributed by atoms with Gasteiger partial charge in [-0.05, 0) is 37.8 Å². The second-order valence-corrected chi connectivity index (χ2v) is 3.99. The number of nitro benzene ring substituents is 1. The highest BCUT2D eigenvalue weighted by Gasteiger charge is 2.12. The van der Waals surface area contributed by atoms with Gasteiger partial charge in [0.2, 0.25) is 0 Å². The predicted molar refractivity (Wildman–Crippen MR) is 67.3 cm³/mol. The zero-order valence-corrected chi connectivity index (χ0v) is 9.98. The molecule has 2 N–H and O–H groups in total. The number of nitrogens with zero attached hydrogens (tertiary/aromatic N) is 1. The van der Waals surface area contributed by atoms with Gasteiger partial charge in [-0.25, -0.2) is 0 Å². The molecule has 5 nitrogen and oxygen atoms in total. The number of benzene rings is 1. The Balaban J connectivity index is 2.55. The minimum Gasteiger partial charge on any atom is -0.396 e. The lowest BCUT2D eigenvalue weighted by Crippen LogP contribution is -2.04. The standard InChI is InChI=1S/C12H18N2O3/c1-10-5-6-11(12(9-10)14(16)17)13-7-3-2-4-8-15/h5-6,9,13,15H,2-4,7-8H2,1H3. The molecule has 0 unspecified atom stereocenters. The molecule has 0 aliphatic carbocycles. The molecule has 0 atom stereocenters. The summed E-state index contributed by atoms with van der Waals surface area (Å²) in [5.41, 5.74) is 1.55. The summed E-state index contributed by atoms with van der Waals surface area (Å²) < 4.78 is 0. The molecule has 0 saturated carbocycles. The molecule has 0 aromatic heterocycles. The summed E-state index contributed by atoms with van der Waals surface area (Å²) in [4.78, 5) is 10.5. The fourth-order valence-corrected chi connectivity index (χ4v) is 1.58. The van der Waals surface area contributed by atoms with Crippen molar-refractivity contribution in [2.75, 3.05) is 18.5 Å². The maximum atomic E-state index is 10.8. The molecular weight excluding hydrogens is 220 g/mol. The lowest BCUT2D eigenvalue weighted by atomic mass is 10.2. The Kier molecular flexibility index (Phi) is 5.42. The van der Waals surface area contributed by atoms with E-state index in [-0.39, 0.29) is 17.2 Å². The van der Waals surface area contributed by atoms with Crippen molar-refractivity contribution in [3.63, 3.8) is 0 Å². The predicted octanol–water partition coefficient (Wildman–Crippen LogP) is 2.48. The fourth-order valence-electron chi connectivity index (χ4n) is 1.58. The van der Waals surface area contributed by atoms with E-state index >= 15 is 0 Å². The van der Waals surface area contributed by atoms with Crippen molar-refractivity contribution in [3.05, 3.63) is 33.9 Å². The Morgan fingerprint density at radius 1 is 1.35 bits per heavy atom. The Morgan fingerprint density at radius 3 is 2.76 bits per heavy atom. The second-order valence-electron chi connectivity index (χ2n) is 3.99. The molecule has 0 spiro atoms. The number of aryl methyl sites for hydroxylation is 1. The van der Waals surface area contributed by atoms with Crippen LogP contribution in [0.2, 0.25) is 0 Å². The number of anilines is 1. The molecule has 17 heavy (non-hydrogen) atoms. The molecule has 0 heterocycles. The van der Waals surface area contributed by atoms with E-state index in [1.807, 2.05) is 13.0 Å². The Hall–Kier alpha value is -1.62. The molecule has 0 fully saturated rings. The van der Waals surface area contributed by atoms with Gasteiger partial charge in [-0.15, -0.1) is 0 Å². The van der Waals surface area contributed by atoms with E-state index in [1.54, 1.807) is 12.1 Å². The number of aliphatic hydroxyl groups is 1. The Bertz CT molecular complexity index is 380. The summed E-state index contributed by atoms with van der Waals surface area (Å²) in [6, 6.07) is 5.15. The fraction of sp³-hybridized carbons (Fsp3) is 0.500. The van der Waals surface area contributed by atoms with Crippen LogP contribution in [0.25, 0.3) is 0 Å². The van der Waals surface area contributed by atoms with Crippen molar-refractivity contribution in [3.8, 4) is 0 Å². The quantitative estimate of drug-likeness (QED) is 0.434. The highest BCUT2D eigenvalue weighted by molar-refractivity contribution is 5.62. The number of hydrogen-bond donors (Lipinski definition) is 2. The van der Waals surface area contributed by atoms with Crippen LogP contribution in [0, 0.1) is 17.0 Å². The maximum absolute atomic E-state index is 10.8. The third kappa shape index (κ3) is 4.40. The van der Waals surface area contributed by atoms with E-state index in [4.69, 9.17) is 5.11 Å². The zero-order valence-electron chi connectivity index (χ0n) is 9.98. The van der Waals surface area contributed by atoms with E-state index in [9.17, 15) is 10.1 Å². The molecule has 1 aromatic rings. The Morgan fingerprint density at radius 2 is 2.12 bits per heavy atom. The summed E-state index contributed by atoms with van der Waals surface area (Å²) in [6.07, 6.45) is 2.59. The summed E-state index contributed by atoms with van der Waals surface area (Å²) in [6.45, 7) is 2.71. The molecule has 0 radical (unpaired) electrons. The van der Waals surface area contributed by atoms with Crippen LogP contribution >= 0.6 is 0 Å². The number of nitrogens with one attached hydrogen (secondary N) is 1. The first-order valence-corrected chi connectivity index (χ1v) is 5.75. The van der Waals surface area contributed by atoms with Crippen molar-refractivity contribution >= 4 is 11.4 Å². The van der Waals surface area contributed by atoms with E-state index in [0.29, 0.717) is 12.2 Å². The topological polar surface area (TPSA) is 75.4 Å². The second kappa shape index (κ2) is 6.85. The molecule has 5 heteroatoms. The number of unbranched alkanes of at least 4 members (excludes halogenated alkanes) is 2. The maximum Gasteiger partial charge on any atom is 0.292 e. The van der Waals surface area contributed by atoms with Crippen LogP contribution in [0.5, 0.6) is 0 Å². The van der Waals surface area contributed by atoms with Crippen molar-refractivity contribution in [2.24, 2.45) is 0 Å². The third-order valence-corrected chi connectivity index (χ3v) is 2.50. The van der Waals surface area contributed by atoms with Crippen molar-refractivity contribution in [1.29, 1.82) is 0 Å². The van der Waals surface area contributed by atoms with Crippen LogP contribution in [0.15, 0.2) is 18.2 Å². The highest BCUT2D eigenvalue weighted by Crippen LogP contribution is 2.25. The average molecular weight is 238 g/mol. The van der Waals surface area contributed by atoms with Gasteiger partial charge in [0.1, 0.15) is 5.69 Å². The molecule has 1 aromatic carbocycles. The first kappa shape index (κ1) is 13.4. The van der Waals surface area contributed by atoms with Crippen LogP contribution in [0.1, 0.15) is 24.8 Å². The SMILES string of the molecule is Cc1ccc(NCCCCCO)c([N+](=O)[O-])c1. The van der Waals surface area contributed by atoms with Gasteiger partial charge in [0.15, 0.2) is 0 Å². The normalized spacial score (nSPS) is 10.2. The van der Waals surface area contributed by atoms with Gasteiger partial charge in [-0.3, -0.25) is 10.1 Å². The van der Waals surface area contributed by atoms with Crippen molar-refractivity contribution in [2.45, 2.75) is 26.2 Å².